The van der Waals surface area contributed by atoms with Crippen molar-refractivity contribution in [3.63, 3.8) is 0 Å². The van der Waals surface area contributed by atoms with Crippen LogP contribution in [0.25, 0.3) is 10.9 Å². The van der Waals surface area contributed by atoms with Gasteiger partial charge in [0.1, 0.15) is 5.75 Å². The summed E-state index contributed by atoms with van der Waals surface area (Å²) in [4.78, 5) is 12.2. The van der Waals surface area contributed by atoms with Gasteiger partial charge < -0.3 is 10.4 Å². The summed E-state index contributed by atoms with van der Waals surface area (Å²) < 4.78 is 0. The molecular formula is C15H13N3O2. The lowest BCUT2D eigenvalue weighted by molar-refractivity contribution is 0.102. The third-order valence-electron chi connectivity index (χ3n) is 3.09. The Morgan fingerprint density at radius 3 is 2.95 bits per heavy atom. The number of aryl methyl sites for hydroxylation is 1. The molecule has 100 valence electrons. The highest BCUT2D eigenvalue weighted by Crippen LogP contribution is 2.21. The van der Waals surface area contributed by atoms with E-state index in [1.807, 2.05) is 19.1 Å². The molecule has 0 unspecified atom stereocenters. The molecule has 2 aromatic carbocycles. The molecule has 3 rings (SSSR count). The van der Waals surface area contributed by atoms with Crippen LogP contribution in [0.5, 0.6) is 5.75 Å². The summed E-state index contributed by atoms with van der Waals surface area (Å²) >= 11 is 0. The van der Waals surface area contributed by atoms with E-state index >= 15 is 0 Å². The van der Waals surface area contributed by atoms with Crippen molar-refractivity contribution in [3.05, 3.63) is 53.7 Å². The first-order valence-electron chi connectivity index (χ1n) is 6.17. The predicted molar refractivity (Wildman–Crippen MR) is 76.9 cm³/mol. The van der Waals surface area contributed by atoms with Crippen LogP contribution in [0.4, 0.5) is 5.69 Å². The fourth-order valence-electron chi connectivity index (χ4n) is 2.05. The molecule has 0 saturated heterocycles. The fourth-order valence-corrected chi connectivity index (χ4v) is 2.05. The van der Waals surface area contributed by atoms with Crippen LogP contribution in [0.2, 0.25) is 0 Å². The van der Waals surface area contributed by atoms with Gasteiger partial charge in [0.25, 0.3) is 5.91 Å². The van der Waals surface area contributed by atoms with Crippen molar-refractivity contribution in [1.82, 2.24) is 10.2 Å². The zero-order valence-corrected chi connectivity index (χ0v) is 10.8. The first-order chi connectivity index (χ1) is 9.63. The second-order valence-electron chi connectivity index (χ2n) is 4.65. The second-order valence-corrected chi connectivity index (χ2v) is 4.65. The number of H-pyrrole nitrogens is 1. The van der Waals surface area contributed by atoms with Gasteiger partial charge >= 0.3 is 0 Å². The third-order valence-corrected chi connectivity index (χ3v) is 3.09. The van der Waals surface area contributed by atoms with Crippen molar-refractivity contribution in [2.75, 3.05) is 5.32 Å². The Bertz CT molecular complexity index is 793. The Balaban J connectivity index is 1.89. The number of carbonyl (C=O) groups excluding carboxylic acids is 1. The Hall–Kier alpha value is -2.82. The number of carbonyl (C=O) groups is 1. The number of amides is 1. The average molecular weight is 267 g/mol. The van der Waals surface area contributed by atoms with Crippen LogP contribution >= 0.6 is 0 Å². The summed E-state index contributed by atoms with van der Waals surface area (Å²) in [5.74, 6) is -0.369. The summed E-state index contributed by atoms with van der Waals surface area (Å²) in [7, 11) is 0. The van der Waals surface area contributed by atoms with Crippen LogP contribution < -0.4 is 5.32 Å². The largest absolute Gasteiger partial charge is 0.507 e. The number of fused-ring (bicyclic) bond motifs is 1. The number of aromatic hydroxyl groups is 1. The lowest BCUT2D eigenvalue weighted by atomic mass is 10.1. The smallest absolute Gasteiger partial charge is 0.259 e. The van der Waals surface area contributed by atoms with Crippen LogP contribution in [0, 0.1) is 6.92 Å². The molecule has 0 saturated carbocycles. The molecule has 0 atom stereocenters. The molecule has 5 heteroatoms. The van der Waals surface area contributed by atoms with Gasteiger partial charge in [-0.15, -0.1) is 0 Å². The number of aromatic nitrogens is 2. The van der Waals surface area contributed by atoms with Gasteiger partial charge in [-0.3, -0.25) is 9.89 Å². The van der Waals surface area contributed by atoms with Gasteiger partial charge in [0.05, 0.1) is 17.3 Å². The fraction of sp³-hybridized carbons (Fsp3) is 0.0667. The number of aromatic amines is 1. The normalized spacial score (nSPS) is 10.7. The van der Waals surface area contributed by atoms with Crippen molar-refractivity contribution < 1.29 is 9.90 Å². The Labute approximate surface area is 115 Å². The van der Waals surface area contributed by atoms with Crippen molar-refractivity contribution in [2.45, 2.75) is 6.92 Å². The van der Waals surface area contributed by atoms with Crippen LogP contribution in [0.15, 0.2) is 42.6 Å². The lowest BCUT2D eigenvalue weighted by Crippen LogP contribution is -2.12. The van der Waals surface area contributed by atoms with Crippen molar-refractivity contribution in [1.29, 1.82) is 0 Å². The molecule has 0 spiro atoms. The van der Waals surface area contributed by atoms with E-state index in [-0.39, 0.29) is 17.2 Å². The van der Waals surface area contributed by atoms with E-state index in [1.54, 1.807) is 24.4 Å². The lowest BCUT2D eigenvalue weighted by Gasteiger charge is -2.07. The van der Waals surface area contributed by atoms with Crippen LogP contribution in [0.3, 0.4) is 0 Å². The zero-order chi connectivity index (χ0) is 14.1. The highest BCUT2D eigenvalue weighted by atomic mass is 16.3. The zero-order valence-electron chi connectivity index (χ0n) is 10.8. The maximum atomic E-state index is 12.2. The van der Waals surface area contributed by atoms with Crippen LogP contribution in [0.1, 0.15) is 15.9 Å². The number of nitrogens with zero attached hydrogens (tertiary/aromatic N) is 1. The first kappa shape index (κ1) is 12.2. The van der Waals surface area contributed by atoms with Gasteiger partial charge in [-0.05, 0) is 37.3 Å². The summed E-state index contributed by atoms with van der Waals surface area (Å²) in [6.45, 7) is 1.87. The Morgan fingerprint density at radius 2 is 2.10 bits per heavy atom. The minimum Gasteiger partial charge on any atom is -0.507 e. The van der Waals surface area contributed by atoms with Gasteiger partial charge in [-0.25, -0.2) is 0 Å². The first-order valence-corrected chi connectivity index (χ1v) is 6.17. The summed E-state index contributed by atoms with van der Waals surface area (Å²) in [6, 6.07) is 10.4. The van der Waals surface area contributed by atoms with Crippen molar-refractivity contribution in [3.8, 4) is 5.75 Å². The third kappa shape index (κ3) is 2.21. The second kappa shape index (κ2) is 4.70. The number of benzene rings is 2. The summed E-state index contributed by atoms with van der Waals surface area (Å²) in [6.07, 6.45) is 1.69. The number of phenolic OH excluding ortho intramolecular Hbond substituents is 1. The molecule has 1 amide bonds. The van der Waals surface area contributed by atoms with Crippen molar-refractivity contribution >= 4 is 22.5 Å². The molecule has 5 nitrogen and oxygen atoms in total. The van der Waals surface area contributed by atoms with E-state index in [4.69, 9.17) is 0 Å². The Kier molecular flexibility index (Phi) is 2.87. The number of hydrogen-bond donors (Lipinski definition) is 3. The minimum absolute atomic E-state index is 0.0301. The molecule has 1 heterocycles. The van der Waals surface area contributed by atoms with Gasteiger partial charge in [-0.1, -0.05) is 11.6 Å². The molecule has 0 aliphatic carbocycles. The van der Waals surface area contributed by atoms with E-state index < -0.39 is 0 Å². The maximum Gasteiger partial charge on any atom is 0.259 e. The van der Waals surface area contributed by atoms with Gasteiger partial charge in [0.15, 0.2) is 0 Å². The molecular weight excluding hydrogens is 254 g/mol. The number of hydrogen-bond acceptors (Lipinski definition) is 3. The number of rotatable bonds is 2. The van der Waals surface area contributed by atoms with Gasteiger partial charge in [0, 0.05) is 11.1 Å². The summed E-state index contributed by atoms with van der Waals surface area (Å²) in [5, 5.41) is 20.2. The molecule has 20 heavy (non-hydrogen) atoms. The number of phenols is 1. The predicted octanol–water partition coefficient (Wildman–Crippen LogP) is 2.83. The average Bonchev–Trinajstić information content (AvgIpc) is 2.89. The minimum atomic E-state index is -0.339. The van der Waals surface area contributed by atoms with E-state index in [0.29, 0.717) is 5.69 Å². The molecule has 0 aliphatic heterocycles. The molecule has 0 radical (unpaired) electrons. The highest BCUT2D eigenvalue weighted by molar-refractivity contribution is 6.06. The highest BCUT2D eigenvalue weighted by Gasteiger charge is 2.11. The molecule has 0 aliphatic rings. The van der Waals surface area contributed by atoms with E-state index in [2.05, 4.69) is 15.5 Å². The SMILES string of the molecule is Cc1ccc(O)c(C(=O)Nc2ccc3[nH]ncc3c2)c1. The van der Waals surface area contributed by atoms with Crippen LogP contribution in [-0.2, 0) is 0 Å². The van der Waals surface area contributed by atoms with Crippen molar-refractivity contribution in [2.24, 2.45) is 0 Å². The number of nitrogens with one attached hydrogen (secondary N) is 2. The van der Waals surface area contributed by atoms with E-state index in [0.717, 1.165) is 16.5 Å². The maximum absolute atomic E-state index is 12.2. The molecule has 3 N–H and O–H groups in total. The van der Waals surface area contributed by atoms with Gasteiger partial charge in [0.2, 0.25) is 0 Å². The summed E-state index contributed by atoms with van der Waals surface area (Å²) in [5.41, 5.74) is 2.74. The van der Waals surface area contributed by atoms with E-state index in [9.17, 15) is 9.90 Å². The monoisotopic (exact) mass is 267 g/mol. The standard InChI is InChI=1S/C15H13N3O2/c1-9-2-5-14(19)12(6-9)15(20)17-11-3-4-13-10(7-11)8-16-18-13/h2-8,19H,1H3,(H,16,18)(H,17,20). The van der Waals surface area contributed by atoms with Crippen LogP contribution in [-0.4, -0.2) is 21.2 Å². The quantitative estimate of drug-likeness (QED) is 0.668. The molecule has 3 aromatic rings. The topological polar surface area (TPSA) is 78.0 Å². The molecule has 1 aromatic heterocycles. The number of anilines is 1. The molecule has 0 bridgehead atoms. The van der Waals surface area contributed by atoms with Gasteiger partial charge in [-0.2, -0.15) is 5.10 Å². The van der Waals surface area contributed by atoms with E-state index in [1.165, 1.54) is 6.07 Å². The molecule has 0 fully saturated rings. The Morgan fingerprint density at radius 1 is 1.25 bits per heavy atom.